The predicted octanol–water partition coefficient (Wildman–Crippen LogP) is 2.38. The van der Waals surface area contributed by atoms with E-state index >= 15 is 0 Å². The first kappa shape index (κ1) is 13.6. The molecular weight excluding hydrogens is 264 g/mol. The molecule has 0 bridgehead atoms. The molecule has 1 aromatic heterocycles. The fourth-order valence-electron chi connectivity index (χ4n) is 1.71. The largest absolute Gasteiger partial charge is 0.502 e. The smallest absolute Gasteiger partial charge is 0.310 e. The number of phenols is 1. The second-order valence-corrected chi connectivity index (χ2v) is 4.17. The average molecular weight is 276 g/mol. The van der Waals surface area contributed by atoms with E-state index in [0.29, 0.717) is 5.76 Å². The number of rotatable bonds is 4. The molecule has 1 aromatic carbocycles. The number of carbonyl (C=O) groups excluding carboxylic acids is 1. The SMILES string of the molecule is CC(NC(=O)c1ccc([N+](=O)[O-])c(O)c1)c1ccco1. The van der Waals surface area contributed by atoms with E-state index in [1.165, 1.54) is 12.3 Å². The number of phenolic OH excluding ortho intramolecular Hbond substituents is 1. The number of furan rings is 1. The maximum atomic E-state index is 11.9. The third-order valence-corrected chi connectivity index (χ3v) is 2.75. The lowest BCUT2D eigenvalue weighted by molar-refractivity contribution is -0.385. The van der Waals surface area contributed by atoms with Crippen molar-refractivity contribution in [3.05, 3.63) is 58.0 Å². The van der Waals surface area contributed by atoms with Crippen molar-refractivity contribution in [2.24, 2.45) is 0 Å². The van der Waals surface area contributed by atoms with Crippen LogP contribution in [0.4, 0.5) is 5.69 Å². The van der Waals surface area contributed by atoms with Gasteiger partial charge in [-0.2, -0.15) is 0 Å². The Balaban J connectivity index is 2.14. The second kappa shape index (κ2) is 5.43. The Labute approximate surface area is 114 Å². The molecule has 0 saturated heterocycles. The summed E-state index contributed by atoms with van der Waals surface area (Å²) >= 11 is 0. The third-order valence-electron chi connectivity index (χ3n) is 2.75. The number of amides is 1. The molecule has 2 aromatic rings. The van der Waals surface area contributed by atoms with Crippen LogP contribution in [0.3, 0.4) is 0 Å². The van der Waals surface area contributed by atoms with Crippen molar-refractivity contribution < 1.29 is 19.2 Å². The number of aromatic hydroxyl groups is 1. The molecule has 0 saturated carbocycles. The van der Waals surface area contributed by atoms with Crippen molar-refractivity contribution in [1.82, 2.24) is 5.32 Å². The highest BCUT2D eigenvalue weighted by Gasteiger charge is 2.18. The summed E-state index contributed by atoms with van der Waals surface area (Å²) in [6, 6.07) is 6.50. The number of nitrogens with zero attached hydrogens (tertiary/aromatic N) is 1. The van der Waals surface area contributed by atoms with Crippen LogP contribution in [0.1, 0.15) is 29.1 Å². The van der Waals surface area contributed by atoms with Gasteiger partial charge in [-0.3, -0.25) is 14.9 Å². The standard InChI is InChI=1S/C13H12N2O5/c1-8(12-3-2-6-20-12)14-13(17)9-4-5-10(15(18)19)11(16)7-9/h2-8,16H,1H3,(H,14,17). The molecule has 2 N–H and O–H groups in total. The van der Waals surface area contributed by atoms with Crippen LogP contribution in [0.25, 0.3) is 0 Å². The van der Waals surface area contributed by atoms with Crippen LogP contribution in [-0.2, 0) is 0 Å². The quantitative estimate of drug-likeness (QED) is 0.658. The van der Waals surface area contributed by atoms with Gasteiger partial charge in [-0.25, -0.2) is 0 Å². The molecule has 0 aliphatic carbocycles. The number of carbonyl (C=O) groups is 1. The zero-order chi connectivity index (χ0) is 14.7. The molecule has 7 nitrogen and oxygen atoms in total. The summed E-state index contributed by atoms with van der Waals surface area (Å²) in [6.45, 7) is 1.74. The van der Waals surface area contributed by atoms with E-state index in [9.17, 15) is 20.0 Å². The van der Waals surface area contributed by atoms with Crippen LogP contribution in [0.2, 0.25) is 0 Å². The van der Waals surface area contributed by atoms with Crippen molar-refractivity contribution in [2.75, 3.05) is 0 Å². The van der Waals surface area contributed by atoms with Gasteiger partial charge in [0, 0.05) is 11.6 Å². The van der Waals surface area contributed by atoms with Crippen molar-refractivity contribution in [3.8, 4) is 5.75 Å². The highest BCUT2D eigenvalue weighted by Crippen LogP contribution is 2.26. The summed E-state index contributed by atoms with van der Waals surface area (Å²) in [5, 5.41) is 22.7. The van der Waals surface area contributed by atoms with E-state index in [1.54, 1.807) is 19.1 Å². The molecule has 1 unspecified atom stereocenters. The predicted molar refractivity (Wildman–Crippen MR) is 69.4 cm³/mol. The molecule has 20 heavy (non-hydrogen) atoms. The van der Waals surface area contributed by atoms with Crippen LogP contribution >= 0.6 is 0 Å². The lowest BCUT2D eigenvalue weighted by Gasteiger charge is -2.11. The van der Waals surface area contributed by atoms with Crippen LogP contribution in [0.15, 0.2) is 41.0 Å². The summed E-state index contributed by atoms with van der Waals surface area (Å²) in [6.07, 6.45) is 1.50. The van der Waals surface area contributed by atoms with Gasteiger partial charge < -0.3 is 14.8 Å². The number of nitro benzene ring substituents is 1. The van der Waals surface area contributed by atoms with E-state index in [-0.39, 0.29) is 11.6 Å². The Bertz CT molecular complexity index is 636. The molecule has 2 rings (SSSR count). The summed E-state index contributed by atoms with van der Waals surface area (Å²) in [5.41, 5.74) is -0.313. The van der Waals surface area contributed by atoms with Gasteiger partial charge in [-0.05, 0) is 31.2 Å². The minimum Gasteiger partial charge on any atom is -0.502 e. The normalized spacial score (nSPS) is 11.8. The van der Waals surface area contributed by atoms with Gasteiger partial charge in [0.05, 0.1) is 17.2 Å². The van der Waals surface area contributed by atoms with E-state index in [0.717, 1.165) is 12.1 Å². The molecule has 1 heterocycles. The molecule has 7 heteroatoms. The first-order valence-corrected chi connectivity index (χ1v) is 5.80. The van der Waals surface area contributed by atoms with Crippen molar-refractivity contribution >= 4 is 11.6 Å². The summed E-state index contributed by atoms with van der Waals surface area (Å²) < 4.78 is 5.15. The monoisotopic (exact) mass is 276 g/mol. The lowest BCUT2D eigenvalue weighted by atomic mass is 10.1. The first-order valence-electron chi connectivity index (χ1n) is 5.80. The fourth-order valence-corrected chi connectivity index (χ4v) is 1.71. The minimum absolute atomic E-state index is 0.131. The third kappa shape index (κ3) is 2.77. The number of nitrogens with one attached hydrogen (secondary N) is 1. The van der Waals surface area contributed by atoms with Crippen LogP contribution in [0, 0.1) is 10.1 Å². The molecule has 0 fully saturated rings. The van der Waals surface area contributed by atoms with Gasteiger partial charge in [0.15, 0.2) is 5.75 Å². The van der Waals surface area contributed by atoms with E-state index in [2.05, 4.69) is 5.32 Å². The van der Waals surface area contributed by atoms with Crippen molar-refractivity contribution in [3.63, 3.8) is 0 Å². The second-order valence-electron chi connectivity index (χ2n) is 4.17. The zero-order valence-corrected chi connectivity index (χ0v) is 10.6. The number of nitro groups is 1. The van der Waals surface area contributed by atoms with Gasteiger partial charge in [-0.1, -0.05) is 0 Å². The Hall–Kier alpha value is -2.83. The molecule has 0 aliphatic rings. The topological polar surface area (TPSA) is 106 Å². The lowest BCUT2D eigenvalue weighted by Crippen LogP contribution is -2.26. The van der Waals surface area contributed by atoms with Gasteiger partial charge in [0.25, 0.3) is 5.91 Å². The minimum atomic E-state index is -0.720. The van der Waals surface area contributed by atoms with Gasteiger partial charge in [0.1, 0.15) is 5.76 Å². The Kier molecular flexibility index (Phi) is 3.69. The Morgan fingerprint density at radius 1 is 1.45 bits per heavy atom. The van der Waals surface area contributed by atoms with Crippen LogP contribution in [0.5, 0.6) is 5.75 Å². The van der Waals surface area contributed by atoms with Crippen molar-refractivity contribution in [2.45, 2.75) is 13.0 Å². The van der Waals surface area contributed by atoms with Crippen molar-refractivity contribution in [1.29, 1.82) is 0 Å². The van der Waals surface area contributed by atoms with Gasteiger partial charge in [-0.15, -0.1) is 0 Å². The molecule has 0 aliphatic heterocycles. The number of benzene rings is 1. The van der Waals surface area contributed by atoms with E-state index < -0.39 is 22.3 Å². The maximum Gasteiger partial charge on any atom is 0.310 e. The van der Waals surface area contributed by atoms with Crippen LogP contribution < -0.4 is 5.32 Å². The zero-order valence-electron chi connectivity index (χ0n) is 10.6. The van der Waals surface area contributed by atoms with Gasteiger partial charge >= 0.3 is 5.69 Å². The number of hydrogen-bond acceptors (Lipinski definition) is 5. The number of hydrogen-bond donors (Lipinski definition) is 2. The Morgan fingerprint density at radius 3 is 2.75 bits per heavy atom. The van der Waals surface area contributed by atoms with E-state index in [4.69, 9.17) is 4.42 Å². The highest BCUT2D eigenvalue weighted by molar-refractivity contribution is 5.95. The molecular formula is C13H12N2O5. The summed E-state index contributed by atoms with van der Waals surface area (Å²) in [5.74, 6) is -0.420. The van der Waals surface area contributed by atoms with Gasteiger partial charge in [0.2, 0.25) is 0 Å². The molecule has 1 atom stereocenters. The molecule has 1 amide bonds. The first-order chi connectivity index (χ1) is 9.49. The fraction of sp³-hybridized carbons (Fsp3) is 0.154. The average Bonchev–Trinajstić information content (AvgIpc) is 2.91. The van der Waals surface area contributed by atoms with Crippen LogP contribution in [-0.4, -0.2) is 15.9 Å². The molecule has 0 radical (unpaired) electrons. The molecule has 0 spiro atoms. The van der Waals surface area contributed by atoms with E-state index in [1.807, 2.05) is 0 Å². The summed E-state index contributed by atoms with van der Waals surface area (Å²) in [7, 11) is 0. The highest BCUT2D eigenvalue weighted by atomic mass is 16.6. The Morgan fingerprint density at radius 2 is 2.20 bits per heavy atom. The summed E-state index contributed by atoms with van der Waals surface area (Å²) in [4.78, 5) is 21.8. The maximum absolute atomic E-state index is 11.9. The molecule has 104 valence electrons.